The van der Waals surface area contributed by atoms with Crippen LogP contribution in [-0.2, 0) is 14.8 Å². The molecule has 6 nitrogen and oxygen atoms in total. The average molecular weight is 293 g/mol. The molecule has 1 rings (SSSR count). The van der Waals surface area contributed by atoms with Crippen LogP contribution in [0, 0.1) is 0 Å². The minimum absolute atomic E-state index is 0.212. The van der Waals surface area contributed by atoms with Crippen LogP contribution in [0.25, 0.3) is 0 Å². The molecule has 0 unspecified atom stereocenters. The summed E-state index contributed by atoms with van der Waals surface area (Å²) in [6.45, 7) is 1.35. The van der Waals surface area contributed by atoms with Crippen molar-refractivity contribution in [3.8, 4) is 5.75 Å². The molecule has 0 saturated carbocycles. The Morgan fingerprint density at radius 2 is 2.11 bits per heavy atom. The molecule has 0 spiro atoms. The van der Waals surface area contributed by atoms with Crippen molar-refractivity contribution in [2.24, 2.45) is 0 Å². The number of alkyl halides is 1. The normalized spacial score (nSPS) is 10.8. The second-order valence-electron chi connectivity index (χ2n) is 3.42. The van der Waals surface area contributed by atoms with Crippen molar-refractivity contribution in [3.05, 3.63) is 18.2 Å². The summed E-state index contributed by atoms with van der Waals surface area (Å²) in [5, 5.41) is 1.97. The molecule has 100 valence electrons. The summed E-state index contributed by atoms with van der Waals surface area (Å²) >= 11 is 5.30. The first-order chi connectivity index (χ1) is 8.38. The Bertz CT molecular complexity index is 545. The highest BCUT2D eigenvalue weighted by Gasteiger charge is 2.13. The molecule has 0 heterocycles. The lowest BCUT2D eigenvalue weighted by Crippen LogP contribution is -2.14. The van der Waals surface area contributed by atoms with Gasteiger partial charge in [0.2, 0.25) is 15.9 Å². The first-order valence-electron chi connectivity index (χ1n) is 4.90. The maximum atomic E-state index is 11.4. The smallest absolute Gasteiger partial charge is 0.246 e. The van der Waals surface area contributed by atoms with Crippen molar-refractivity contribution in [2.45, 2.75) is 6.92 Å². The molecule has 0 atom stereocenters. The van der Waals surface area contributed by atoms with Gasteiger partial charge in [0.1, 0.15) is 11.0 Å². The van der Waals surface area contributed by atoms with Crippen molar-refractivity contribution >= 4 is 38.9 Å². The molecular weight excluding hydrogens is 280 g/mol. The second kappa shape index (κ2) is 5.92. The van der Waals surface area contributed by atoms with Crippen LogP contribution in [0.2, 0.25) is 0 Å². The zero-order valence-electron chi connectivity index (χ0n) is 9.86. The minimum Gasteiger partial charge on any atom is -0.495 e. The summed E-state index contributed by atoms with van der Waals surface area (Å²) < 4.78 is 30.0. The molecule has 0 aliphatic heterocycles. The van der Waals surface area contributed by atoms with Gasteiger partial charge in [0.15, 0.2) is 0 Å². The number of hydrogen-bond donors (Lipinski definition) is 2. The van der Waals surface area contributed by atoms with Crippen LogP contribution < -0.4 is 14.8 Å². The molecule has 0 aliphatic carbocycles. The van der Waals surface area contributed by atoms with Gasteiger partial charge < -0.3 is 10.1 Å². The van der Waals surface area contributed by atoms with Crippen molar-refractivity contribution in [3.63, 3.8) is 0 Å². The number of halogens is 1. The van der Waals surface area contributed by atoms with E-state index in [1.807, 2.05) is 0 Å². The number of amides is 1. The van der Waals surface area contributed by atoms with Crippen LogP contribution in [0.1, 0.15) is 6.92 Å². The van der Waals surface area contributed by atoms with E-state index in [1.165, 1.54) is 26.2 Å². The first kappa shape index (κ1) is 14.6. The first-order valence-corrected chi connectivity index (χ1v) is 7.08. The molecule has 0 aromatic heterocycles. The maximum Gasteiger partial charge on any atom is 0.246 e. The molecule has 1 aromatic rings. The third-order valence-corrected chi connectivity index (χ3v) is 3.61. The molecular formula is C10H13ClN2O4S. The number of rotatable bonds is 5. The van der Waals surface area contributed by atoms with Gasteiger partial charge >= 0.3 is 0 Å². The number of ether oxygens (including phenoxy) is 1. The van der Waals surface area contributed by atoms with Crippen LogP contribution in [0.4, 0.5) is 11.4 Å². The van der Waals surface area contributed by atoms with Gasteiger partial charge in [-0.25, -0.2) is 8.42 Å². The number of sulfonamides is 1. The monoisotopic (exact) mass is 292 g/mol. The molecule has 0 bridgehead atoms. The topological polar surface area (TPSA) is 84.5 Å². The van der Waals surface area contributed by atoms with Gasteiger partial charge in [-0.3, -0.25) is 9.52 Å². The van der Waals surface area contributed by atoms with E-state index >= 15 is 0 Å². The van der Waals surface area contributed by atoms with Crippen LogP contribution in [-0.4, -0.2) is 26.6 Å². The Morgan fingerprint density at radius 1 is 1.44 bits per heavy atom. The van der Waals surface area contributed by atoms with Crippen molar-refractivity contribution in [1.82, 2.24) is 0 Å². The molecule has 0 saturated heterocycles. The van der Waals surface area contributed by atoms with Gasteiger partial charge in [0.05, 0.1) is 12.8 Å². The lowest BCUT2D eigenvalue weighted by atomic mass is 10.2. The largest absolute Gasteiger partial charge is 0.495 e. The van der Waals surface area contributed by atoms with Crippen LogP contribution in [0.3, 0.4) is 0 Å². The van der Waals surface area contributed by atoms with Crippen molar-refractivity contribution in [1.29, 1.82) is 0 Å². The number of benzene rings is 1. The zero-order valence-corrected chi connectivity index (χ0v) is 11.4. The Kier molecular flexibility index (Phi) is 4.80. The van der Waals surface area contributed by atoms with Gasteiger partial charge in [-0.15, -0.1) is 11.6 Å². The van der Waals surface area contributed by atoms with Crippen molar-refractivity contribution < 1.29 is 17.9 Å². The van der Waals surface area contributed by atoms with Crippen LogP contribution >= 0.6 is 11.6 Å². The van der Waals surface area contributed by atoms with E-state index in [2.05, 4.69) is 10.0 Å². The molecule has 0 aliphatic rings. The summed E-state index contributed by atoms with van der Waals surface area (Å²) in [6, 6.07) is 4.58. The van der Waals surface area contributed by atoms with E-state index in [0.717, 1.165) is 0 Å². The number of carbonyl (C=O) groups excluding carboxylic acids is 1. The fraction of sp³-hybridized carbons (Fsp3) is 0.300. The van der Waals surface area contributed by atoms with Gasteiger partial charge in [0.25, 0.3) is 0 Å². The Morgan fingerprint density at radius 3 is 2.61 bits per heavy atom. The zero-order chi connectivity index (χ0) is 13.8. The van der Waals surface area contributed by atoms with Gasteiger partial charge in [-0.1, -0.05) is 0 Å². The number of hydrogen-bond acceptors (Lipinski definition) is 4. The lowest BCUT2D eigenvalue weighted by Gasteiger charge is -2.12. The molecule has 8 heteroatoms. The average Bonchev–Trinajstić information content (AvgIpc) is 2.28. The summed E-state index contributed by atoms with van der Waals surface area (Å²) in [5.74, 6) is 0.0733. The number of nitrogens with one attached hydrogen (secondary N) is 2. The van der Waals surface area contributed by atoms with Gasteiger partial charge in [-0.2, -0.15) is 0 Å². The molecule has 2 N–H and O–H groups in total. The Balaban J connectivity index is 3.10. The highest BCUT2D eigenvalue weighted by atomic mass is 35.5. The summed E-state index contributed by atoms with van der Waals surface area (Å²) in [4.78, 5) is 10.9. The number of anilines is 2. The molecule has 1 aromatic carbocycles. The fourth-order valence-corrected chi connectivity index (χ4v) is 1.98. The van der Waals surface area contributed by atoms with E-state index in [0.29, 0.717) is 11.4 Å². The summed E-state index contributed by atoms with van der Waals surface area (Å²) in [7, 11) is -2.22. The number of carbonyl (C=O) groups is 1. The van der Waals surface area contributed by atoms with E-state index in [1.54, 1.807) is 6.07 Å². The molecule has 0 fully saturated rings. The van der Waals surface area contributed by atoms with Gasteiger partial charge in [-0.05, 0) is 18.2 Å². The molecule has 0 radical (unpaired) electrons. The Hall–Kier alpha value is -1.47. The Labute approximate surface area is 110 Å². The SMILES string of the molecule is COc1ccc(NC(C)=O)cc1NS(=O)(=O)CCl. The predicted octanol–water partition coefficient (Wildman–Crippen LogP) is 1.59. The molecule has 1 amide bonds. The quantitative estimate of drug-likeness (QED) is 0.807. The highest BCUT2D eigenvalue weighted by Crippen LogP contribution is 2.28. The minimum atomic E-state index is -3.63. The van der Waals surface area contributed by atoms with Crippen molar-refractivity contribution in [2.75, 3.05) is 22.4 Å². The number of methoxy groups -OCH3 is 1. The van der Waals surface area contributed by atoms with E-state index in [-0.39, 0.29) is 11.6 Å². The van der Waals surface area contributed by atoms with Crippen LogP contribution in [0.15, 0.2) is 18.2 Å². The van der Waals surface area contributed by atoms with E-state index < -0.39 is 15.2 Å². The van der Waals surface area contributed by atoms with E-state index in [9.17, 15) is 13.2 Å². The predicted molar refractivity (Wildman–Crippen MR) is 70.6 cm³/mol. The standard InChI is InChI=1S/C10H13ClN2O4S/c1-7(14)12-8-3-4-10(17-2)9(5-8)13-18(15,16)6-11/h3-5,13H,6H2,1-2H3,(H,12,14). The summed E-state index contributed by atoms with van der Waals surface area (Å²) in [5.41, 5.74) is 0.667. The third kappa shape index (κ3) is 4.08. The van der Waals surface area contributed by atoms with Gasteiger partial charge in [0, 0.05) is 12.6 Å². The summed E-state index contributed by atoms with van der Waals surface area (Å²) in [6.07, 6.45) is 0. The maximum absolute atomic E-state index is 11.4. The van der Waals surface area contributed by atoms with Crippen LogP contribution in [0.5, 0.6) is 5.75 Å². The highest BCUT2D eigenvalue weighted by molar-refractivity contribution is 7.93. The van der Waals surface area contributed by atoms with E-state index in [4.69, 9.17) is 16.3 Å². The lowest BCUT2D eigenvalue weighted by molar-refractivity contribution is -0.114. The fourth-order valence-electron chi connectivity index (χ4n) is 1.26. The third-order valence-electron chi connectivity index (χ3n) is 1.93. The second-order valence-corrected chi connectivity index (χ2v) is 5.73. The molecule has 18 heavy (non-hydrogen) atoms.